The van der Waals surface area contributed by atoms with E-state index in [9.17, 15) is 9.59 Å². The van der Waals surface area contributed by atoms with Gasteiger partial charge in [-0.1, -0.05) is 18.2 Å². The van der Waals surface area contributed by atoms with Crippen LogP contribution in [0.25, 0.3) is 0 Å². The van der Waals surface area contributed by atoms with Crippen molar-refractivity contribution in [3.63, 3.8) is 0 Å². The van der Waals surface area contributed by atoms with Gasteiger partial charge in [-0.25, -0.2) is 4.79 Å². The maximum atomic E-state index is 11.7. The standard InChI is InChI=1S/C12H13NO5/c14-8(12(16)17)6-13-11(15)10-5-7-3-1-2-4-9(7)18-10/h1-4,8,10,14H,5-6H2,(H,13,15)(H,16,17)/t8-,10?/m0/s1. The number of aliphatic carboxylic acids is 1. The van der Waals surface area contributed by atoms with Crippen LogP contribution in [-0.4, -0.2) is 40.8 Å². The van der Waals surface area contributed by atoms with Crippen molar-refractivity contribution in [1.82, 2.24) is 5.32 Å². The number of amides is 1. The molecule has 0 aliphatic carbocycles. The van der Waals surface area contributed by atoms with Crippen LogP contribution < -0.4 is 10.1 Å². The Bertz CT molecular complexity index is 448. The summed E-state index contributed by atoms with van der Waals surface area (Å²) in [6.07, 6.45) is -1.81. The summed E-state index contributed by atoms with van der Waals surface area (Å²) in [5.74, 6) is -1.13. The summed E-state index contributed by atoms with van der Waals surface area (Å²) < 4.78 is 5.42. The predicted molar refractivity (Wildman–Crippen MR) is 61.2 cm³/mol. The van der Waals surface area contributed by atoms with Gasteiger partial charge in [-0.2, -0.15) is 0 Å². The Labute approximate surface area is 103 Å². The number of carboxylic acid groups (broad SMARTS) is 1. The molecule has 0 radical (unpaired) electrons. The third-order valence-corrected chi connectivity index (χ3v) is 2.69. The zero-order chi connectivity index (χ0) is 13.1. The van der Waals surface area contributed by atoms with Gasteiger partial charge in [0.05, 0.1) is 6.54 Å². The summed E-state index contributed by atoms with van der Waals surface area (Å²) >= 11 is 0. The Kier molecular flexibility index (Phi) is 3.47. The molecule has 1 aromatic rings. The lowest BCUT2D eigenvalue weighted by molar-refractivity contribution is -0.146. The molecule has 3 N–H and O–H groups in total. The zero-order valence-electron chi connectivity index (χ0n) is 9.50. The van der Waals surface area contributed by atoms with Crippen molar-refractivity contribution in [1.29, 1.82) is 0 Å². The van der Waals surface area contributed by atoms with Crippen LogP contribution in [0.4, 0.5) is 0 Å². The summed E-state index contributed by atoms with van der Waals surface area (Å²) in [5, 5.41) is 19.9. The van der Waals surface area contributed by atoms with Crippen molar-refractivity contribution in [2.45, 2.75) is 18.6 Å². The molecule has 6 heteroatoms. The quantitative estimate of drug-likeness (QED) is 0.673. The van der Waals surface area contributed by atoms with Crippen LogP contribution in [0.2, 0.25) is 0 Å². The van der Waals surface area contributed by atoms with Crippen LogP contribution in [0.5, 0.6) is 5.75 Å². The van der Waals surface area contributed by atoms with Crippen molar-refractivity contribution in [3.05, 3.63) is 29.8 Å². The van der Waals surface area contributed by atoms with Crippen LogP contribution in [0.15, 0.2) is 24.3 Å². The Balaban J connectivity index is 1.88. The second kappa shape index (κ2) is 5.05. The third kappa shape index (κ3) is 2.60. The first-order valence-electron chi connectivity index (χ1n) is 5.51. The molecule has 0 saturated heterocycles. The normalized spacial score (nSPS) is 18.6. The molecule has 0 fully saturated rings. The van der Waals surface area contributed by atoms with Crippen LogP contribution in [0, 0.1) is 0 Å². The Hall–Kier alpha value is -2.08. The molecule has 0 aromatic heterocycles. The number of nitrogens with one attached hydrogen (secondary N) is 1. The minimum Gasteiger partial charge on any atom is -0.480 e. The molecule has 1 amide bonds. The molecule has 2 atom stereocenters. The van der Waals surface area contributed by atoms with Gasteiger partial charge in [-0.05, 0) is 11.6 Å². The van der Waals surface area contributed by atoms with Crippen LogP contribution in [0.1, 0.15) is 5.56 Å². The molecule has 1 aromatic carbocycles. The fourth-order valence-corrected chi connectivity index (χ4v) is 1.73. The Morgan fingerprint density at radius 3 is 2.83 bits per heavy atom. The van der Waals surface area contributed by atoms with E-state index in [-0.39, 0.29) is 6.54 Å². The average molecular weight is 251 g/mol. The summed E-state index contributed by atoms with van der Waals surface area (Å²) in [4.78, 5) is 22.1. The highest BCUT2D eigenvalue weighted by atomic mass is 16.5. The second-order valence-electron chi connectivity index (χ2n) is 4.02. The molecule has 1 heterocycles. The Morgan fingerprint density at radius 2 is 2.17 bits per heavy atom. The molecule has 2 rings (SSSR count). The highest BCUT2D eigenvalue weighted by Gasteiger charge is 2.29. The summed E-state index contributed by atoms with van der Waals surface area (Å²) in [5.41, 5.74) is 0.941. The molecule has 1 unspecified atom stereocenters. The van der Waals surface area contributed by atoms with Crippen molar-refractivity contribution in [2.24, 2.45) is 0 Å². The summed E-state index contributed by atoms with van der Waals surface area (Å²) in [6.45, 7) is -0.329. The molecule has 0 bridgehead atoms. The second-order valence-corrected chi connectivity index (χ2v) is 4.02. The van der Waals surface area contributed by atoms with E-state index in [1.807, 2.05) is 18.2 Å². The van der Waals surface area contributed by atoms with Crippen molar-refractivity contribution >= 4 is 11.9 Å². The fourth-order valence-electron chi connectivity index (χ4n) is 1.73. The summed E-state index contributed by atoms with van der Waals surface area (Å²) in [6, 6.07) is 7.31. The van der Waals surface area contributed by atoms with Crippen LogP contribution >= 0.6 is 0 Å². The van der Waals surface area contributed by atoms with E-state index in [0.717, 1.165) is 5.56 Å². The lowest BCUT2D eigenvalue weighted by atomic mass is 10.1. The summed E-state index contributed by atoms with van der Waals surface area (Å²) in [7, 11) is 0. The maximum absolute atomic E-state index is 11.7. The zero-order valence-corrected chi connectivity index (χ0v) is 9.50. The number of rotatable bonds is 4. The number of carbonyl (C=O) groups is 2. The van der Waals surface area contributed by atoms with E-state index in [4.69, 9.17) is 14.9 Å². The van der Waals surface area contributed by atoms with E-state index >= 15 is 0 Å². The molecule has 18 heavy (non-hydrogen) atoms. The number of carbonyl (C=O) groups excluding carboxylic acids is 1. The number of fused-ring (bicyclic) bond motifs is 1. The van der Waals surface area contributed by atoms with Gasteiger partial charge in [0.15, 0.2) is 12.2 Å². The SMILES string of the molecule is O=C(NC[C@H](O)C(=O)O)C1Cc2ccccc2O1. The van der Waals surface area contributed by atoms with E-state index in [1.54, 1.807) is 6.07 Å². The minimum atomic E-state index is -1.60. The lowest BCUT2D eigenvalue weighted by Gasteiger charge is -2.12. The maximum Gasteiger partial charge on any atom is 0.334 e. The molecule has 0 spiro atoms. The first-order valence-corrected chi connectivity index (χ1v) is 5.51. The number of para-hydroxylation sites is 1. The van der Waals surface area contributed by atoms with Crippen molar-refractivity contribution < 1.29 is 24.5 Å². The van der Waals surface area contributed by atoms with Crippen molar-refractivity contribution in [3.8, 4) is 5.75 Å². The van der Waals surface area contributed by atoms with E-state index < -0.39 is 24.1 Å². The van der Waals surface area contributed by atoms with Gasteiger partial charge in [0.25, 0.3) is 5.91 Å². The fraction of sp³-hybridized carbons (Fsp3) is 0.333. The third-order valence-electron chi connectivity index (χ3n) is 2.69. The minimum absolute atomic E-state index is 0.329. The average Bonchev–Trinajstić information content (AvgIpc) is 2.79. The lowest BCUT2D eigenvalue weighted by Crippen LogP contribution is -2.43. The van der Waals surface area contributed by atoms with Gasteiger partial charge in [0, 0.05) is 6.42 Å². The topological polar surface area (TPSA) is 95.9 Å². The van der Waals surface area contributed by atoms with Gasteiger partial charge in [-0.15, -0.1) is 0 Å². The number of hydrogen-bond acceptors (Lipinski definition) is 4. The molecule has 1 aliphatic rings. The first kappa shape index (κ1) is 12.4. The number of hydrogen-bond donors (Lipinski definition) is 3. The molecule has 0 saturated carbocycles. The number of aliphatic hydroxyl groups is 1. The highest BCUT2D eigenvalue weighted by Crippen LogP contribution is 2.27. The highest BCUT2D eigenvalue weighted by molar-refractivity contribution is 5.83. The smallest absolute Gasteiger partial charge is 0.334 e. The van der Waals surface area contributed by atoms with Gasteiger partial charge in [-0.3, -0.25) is 4.79 Å². The Morgan fingerprint density at radius 1 is 1.44 bits per heavy atom. The number of benzene rings is 1. The molecule has 6 nitrogen and oxygen atoms in total. The van der Waals surface area contributed by atoms with E-state index in [1.165, 1.54) is 0 Å². The largest absolute Gasteiger partial charge is 0.480 e. The van der Waals surface area contributed by atoms with Crippen molar-refractivity contribution in [2.75, 3.05) is 6.54 Å². The number of aliphatic hydroxyl groups excluding tert-OH is 1. The van der Waals surface area contributed by atoms with E-state index in [0.29, 0.717) is 12.2 Å². The molecule has 1 aliphatic heterocycles. The van der Waals surface area contributed by atoms with Gasteiger partial charge in [0.1, 0.15) is 5.75 Å². The monoisotopic (exact) mass is 251 g/mol. The van der Waals surface area contributed by atoms with Gasteiger partial charge in [0.2, 0.25) is 0 Å². The number of ether oxygens (including phenoxy) is 1. The number of carboxylic acids is 1. The van der Waals surface area contributed by atoms with E-state index in [2.05, 4.69) is 5.32 Å². The van der Waals surface area contributed by atoms with Gasteiger partial charge < -0.3 is 20.3 Å². The van der Waals surface area contributed by atoms with Crippen LogP contribution in [0.3, 0.4) is 0 Å². The van der Waals surface area contributed by atoms with Crippen LogP contribution in [-0.2, 0) is 16.0 Å². The first-order chi connectivity index (χ1) is 8.58. The molecule has 96 valence electrons. The predicted octanol–water partition coefficient (Wildman–Crippen LogP) is -0.448. The molecular formula is C12H13NO5. The van der Waals surface area contributed by atoms with Gasteiger partial charge >= 0.3 is 5.97 Å². The molecular weight excluding hydrogens is 238 g/mol.